The van der Waals surface area contributed by atoms with Crippen LogP contribution in [0.3, 0.4) is 0 Å². The maximum absolute atomic E-state index is 10.0. The van der Waals surface area contributed by atoms with Gasteiger partial charge in [-0.1, -0.05) is 42.5 Å². The van der Waals surface area contributed by atoms with Crippen LogP contribution in [0.1, 0.15) is 29.8 Å². The molecule has 0 spiro atoms. The Morgan fingerprint density at radius 3 is 1.78 bits per heavy atom. The van der Waals surface area contributed by atoms with Crippen molar-refractivity contribution >= 4 is 0 Å². The topological polar surface area (TPSA) is 60.7 Å². The van der Waals surface area contributed by atoms with Crippen molar-refractivity contribution in [1.82, 2.24) is 0 Å². The van der Waals surface area contributed by atoms with E-state index in [1.807, 2.05) is 30.3 Å². The minimum atomic E-state index is -0.749. The lowest BCUT2D eigenvalue weighted by atomic mass is 9.99. The van der Waals surface area contributed by atoms with Gasteiger partial charge in [0.2, 0.25) is 0 Å². The second-order valence-electron chi connectivity index (χ2n) is 4.27. The number of hydrogen-bond acceptors (Lipinski definition) is 3. The summed E-state index contributed by atoms with van der Waals surface area (Å²) in [5.41, 5.74) is 1.47. The number of aliphatic hydroxyl groups is 2. The molecule has 0 aromatic heterocycles. The summed E-state index contributed by atoms with van der Waals surface area (Å²) < 4.78 is 0. The molecule has 3 heteroatoms. The van der Waals surface area contributed by atoms with Crippen molar-refractivity contribution in [2.24, 2.45) is 0 Å². The van der Waals surface area contributed by atoms with E-state index in [9.17, 15) is 10.2 Å². The Morgan fingerprint density at radius 1 is 0.722 bits per heavy atom. The minimum absolute atomic E-state index is 0.162. The maximum atomic E-state index is 10.0. The molecule has 0 saturated heterocycles. The average molecular weight is 244 g/mol. The Kier molecular flexibility index (Phi) is 3.97. The number of hydrogen-bond donors (Lipinski definition) is 3. The Balaban J connectivity index is 2.03. The van der Waals surface area contributed by atoms with Crippen LogP contribution in [0.25, 0.3) is 0 Å². The first kappa shape index (κ1) is 12.6. The van der Waals surface area contributed by atoms with Crippen LogP contribution in [-0.4, -0.2) is 15.3 Å². The molecule has 3 N–H and O–H groups in total. The number of phenols is 1. The van der Waals surface area contributed by atoms with Crippen LogP contribution in [0.2, 0.25) is 0 Å². The first-order valence-corrected chi connectivity index (χ1v) is 5.87. The SMILES string of the molecule is Oc1ccc(C(O)CC(O)c2ccccc2)cc1. The van der Waals surface area contributed by atoms with Crippen LogP contribution < -0.4 is 0 Å². The second-order valence-corrected chi connectivity index (χ2v) is 4.27. The van der Waals surface area contributed by atoms with Gasteiger partial charge in [0.05, 0.1) is 12.2 Å². The van der Waals surface area contributed by atoms with Crippen molar-refractivity contribution in [1.29, 1.82) is 0 Å². The van der Waals surface area contributed by atoms with Crippen molar-refractivity contribution in [2.45, 2.75) is 18.6 Å². The quantitative estimate of drug-likeness (QED) is 0.774. The largest absolute Gasteiger partial charge is 0.508 e. The van der Waals surface area contributed by atoms with E-state index >= 15 is 0 Å². The Hall–Kier alpha value is -1.84. The summed E-state index contributed by atoms with van der Waals surface area (Å²) in [6.07, 6.45) is -1.22. The zero-order valence-corrected chi connectivity index (χ0v) is 9.90. The smallest absolute Gasteiger partial charge is 0.115 e. The molecule has 0 saturated carbocycles. The number of aromatic hydroxyl groups is 1. The summed E-state index contributed by atoms with van der Waals surface area (Å²) in [6, 6.07) is 15.6. The molecule has 0 aliphatic carbocycles. The van der Waals surface area contributed by atoms with Crippen molar-refractivity contribution in [3.63, 3.8) is 0 Å². The summed E-state index contributed by atoms with van der Waals surface area (Å²) >= 11 is 0. The molecule has 2 rings (SSSR count). The van der Waals surface area contributed by atoms with Gasteiger partial charge in [-0.3, -0.25) is 0 Å². The first-order chi connectivity index (χ1) is 8.66. The molecule has 0 bridgehead atoms. The van der Waals surface area contributed by atoms with Gasteiger partial charge in [0.25, 0.3) is 0 Å². The summed E-state index contributed by atoms with van der Waals surface area (Å²) in [6.45, 7) is 0. The molecule has 0 fully saturated rings. The van der Waals surface area contributed by atoms with Crippen molar-refractivity contribution in [3.05, 3.63) is 65.7 Å². The summed E-state index contributed by atoms with van der Waals surface area (Å²) in [5, 5.41) is 29.2. The van der Waals surface area contributed by atoms with Gasteiger partial charge in [0, 0.05) is 6.42 Å². The highest BCUT2D eigenvalue weighted by atomic mass is 16.3. The highest BCUT2D eigenvalue weighted by molar-refractivity contribution is 5.27. The van der Waals surface area contributed by atoms with Crippen LogP contribution in [0.15, 0.2) is 54.6 Å². The van der Waals surface area contributed by atoms with E-state index in [-0.39, 0.29) is 12.2 Å². The Labute approximate surface area is 106 Å². The molecule has 3 nitrogen and oxygen atoms in total. The van der Waals surface area contributed by atoms with Gasteiger partial charge in [-0.15, -0.1) is 0 Å². The Bertz CT molecular complexity index is 479. The molecular weight excluding hydrogens is 228 g/mol. The predicted octanol–water partition coefficient (Wildman–Crippen LogP) is 2.55. The lowest BCUT2D eigenvalue weighted by Gasteiger charge is -2.16. The molecular formula is C15H16O3. The molecule has 2 atom stereocenters. The lowest BCUT2D eigenvalue weighted by molar-refractivity contribution is 0.0804. The molecule has 18 heavy (non-hydrogen) atoms. The lowest BCUT2D eigenvalue weighted by Crippen LogP contribution is -2.05. The van der Waals surface area contributed by atoms with Crippen molar-refractivity contribution in [3.8, 4) is 5.75 Å². The second kappa shape index (κ2) is 5.67. The van der Waals surface area contributed by atoms with E-state index in [0.717, 1.165) is 5.56 Å². The average Bonchev–Trinajstić information content (AvgIpc) is 2.40. The third-order valence-corrected chi connectivity index (χ3v) is 2.91. The van der Waals surface area contributed by atoms with Gasteiger partial charge < -0.3 is 15.3 Å². The third kappa shape index (κ3) is 3.09. The summed E-state index contributed by atoms with van der Waals surface area (Å²) in [4.78, 5) is 0. The van der Waals surface area contributed by atoms with Crippen molar-refractivity contribution < 1.29 is 15.3 Å². The van der Waals surface area contributed by atoms with E-state index in [4.69, 9.17) is 5.11 Å². The summed E-state index contributed by atoms with van der Waals surface area (Å²) in [7, 11) is 0. The molecule has 94 valence electrons. The van der Waals surface area contributed by atoms with E-state index in [1.54, 1.807) is 12.1 Å². The molecule has 0 radical (unpaired) electrons. The van der Waals surface area contributed by atoms with Gasteiger partial charge in [-0.25, -0.2) is 0 Å². The van der Waals surface area contributed by atoms with Gasteiger partial charge in [-0.2, -0.15) is 0 Å². The minimum Gasteiger partial charge on any atom is -0.508 e. The highest BCUT2D eigenvalue weighted by Crippen LogP contribution is 2.26. The molecule has 0 amide bonds. The fourth-order valence-corrected chi connectivity index (χ4v) is 1.86. The molecule has 2 unspecified atom stereocenters. The monoisotopic (exact) mass is 244 g/mol. The number of phenolic OH excluding ortho intramolecular Hbond substituents is 1. The zero-order valence-electron chi connectivity index (χ0n) is 9.90. The number of aliphatic hydroxyl groups excluding tert-OH is 2. The van der Waals surface area contributed by atoms with Crippen LogP contribution in [-0.2, 0) is 0 Å². The normalized spacial score (nSPS) is 14.1. The van der Waals surface area contributed by atoms with Gasteiger partial charge in [-0.05, 0) is 23.3 Å². The fraction of sp³-hybridized carbons (Fsp3) is 0.200. The zero-order chi connectivity index (χ0) is 13.0. The first-order valence-electron chi connectivity index (χ1n) is 5.87. The van der Waals surface area contributed by atoms with E-state index in [2.05, 4.69) is 0 Å². The van der Waals surface area contributed by atoms with Crippen LogP contribution in [0.4, 0.5) is 0 Å². The van der Waals surface area contributed by atoms with Crippen LogP contribution in [0.5, 0.6) is 5.75 Å². The third-order valence-electron chi connectivity index (χ3n) is 2.91. The molecule has 0 aliphatic heterocycles. The Morgan fingerprint density at radius 2 is 1.22 bits per heavy atom. The molecule has 2 aromatic rings. The fourth-order valence-electron chi connectivity index (χ4n) is 1.86. The molecule has 0 heterocycles. The van der Waals surface area contributed by atoms with E-state index in [1.165, 1.54) is 12.1 Å². The predicted molar refractivity (Wildman–Crippen MR) is 69.1 cm³/mol. The van der Waals surface area contributed by atoms with Gasteiger partial charge in [0.15, 0.2) is 0 Å². The molecule has 0 aliphatic rings. The highest BCUT2D eigenvalue weighted by Gasteiger charge is 2.15. The van der Waals surface area contributed by atoms with Gasteiger partial charge in [0.1, 0.15) is 5.75 Å². The van der Waals surface area contributed by atoms with E-state index < -0.39 is 12.2 Å². The number of rotatable bonds is 4. The number of benzene rings is 2. The van der Waals surface area contributed by atoms with Crippen molar-refractivity contribution in [2.75, 3.05) is 0 Å². The standard InChI is InChI=1S/C15H16O3/c16-13-8-6-12(7-9-13)15(18)10-14(17)11-4-2-1-3-5-11/h1-9,14-18H,10H2. The summed E-state index contributed by atoms with van der Waals surface area (Å²) in [5.74, 6) is 0.162. The van der Waals surface area contributed by atoms with Crippen LogP contribution in [0, 0.1) is 0 Å². The maximum Gasteiger partial charge on any atom is 0.115 e. The molecule has 2 aromatic carbocycles. The van der Waals surface area contributed by atoms with Crippen LogP contribution >= 0.6 is 0 Å². The van der Waals surface area contributed by atoms with E-state index in [0.29, 0.717) is 5.56 Å². The van der Waals surface area contributed by atoms with Gasteiger partial charge >= 0.3 is 0 Å².